The average molecular weight is 302 g/mol. The van der Waals surface area contributed by atoms with Gasteiger partial charge in [-0.15, -0.1) is 11.6 Å². The van der Waals surface area contributed by atoms with Crippen LogP contribution in [0, 0.1) is 6.92 Å². The van der Waals surface area contributed by atoms with Crippen LogP contribution < -0.4 is 9.80 Å². The van der Waals surface area contributed by atoms with Crippen molar-refractivity contribution >= 4 is 23.1 Å². The highest BCUT2D eigenvalue weighted by molar-refractivity contribution is 6.17. The molecule has 3 nitrogen and oxygen atoms in total. The lowest BCUT2D eigenvalue weighted by atomic mass is 10.1. The normalized spacial score (nSPS) is 15.3. The summed E-state index contributed by atoms with van der Waals surface area (Å²) in [7, 11) is 0. The molecule has 0 radical (unpaired) electrons. The van der Waals surface area contributed by atoms with Gasteiger partial charge in [0.25, 0.3) is 0 Å². The van der Waals surface area contributed by atoms with Crippen molar-refractivity contribution in [3.8, 4) is 0 Å². The van der Waals surface area contributed by atoms with Gasteiger partial charge in [0.05, 0.1) is 0 Å². The van der Waals surface area contributed by atoms with Gasteiger partial charge in [-0.25, -0.2) is 4.98 Å². The number of rotatable bonds is 3. The maximum Gasteiger partial charge on any atom is 0.128 e. The summed E-state index contributed by atoms with van der Waals surface area (Å²) in [5, 5.41) is 0. The Morgan fingerprint density at radius 1 is 1.05 bits per heavy atom. The Morgan fingerprint density at radius 2 is 1.81 bits per heavy atom. The number of halogens is 1. The summed E-state index contributed by atoms with van der Waals surface area (Å²) in [4.78, 5) is 9.21. The summed E-state index contributed by atoms with van der Waals surface area (Å²) in [6.07, 6.45) is 1.86. The second-order valence-electron chi connectivity index (χ2n) is 5.41. The van der Waals surface area contributed by atoms with E-state index >= 15 is 0 Å². The summed E-state index contributed by atoms with van der Waals surface area (Å²) in [5.74, 6) is 1.66. The van der Waals surface area contributed by atoms with E-state index in [1.165, 1.54) is 16.8 Å². The van der Waals surface area contributed by atoms with E-state index in [0.717, 1.165) is 32.0 Å². The van der Waals surface area contributed by atoms with Crippen molar-refractivity contribution in [3.05, 3.63) is 53.7 Å². The average Bonchev–Trinajstić information content (AvgIpc) is 2.56. The second-order valence-corrected chi connectivity index (χ2v) is 5.67. The molecule has 0 saturated carbocycles. The molecule has 110 valence electrons. The molecule has 1 fully saturated rings. The topological polar surface area (TPSA) is 19.4 Å². The maximum atomic E-state index is 5.93. The second kappa shape index (κ2) is 6.35. The Morgan fingerprint density at radius 3 is 2.43 bits per heavy atom. The van der Waals surface area contributed by atoms with Gasteiger partial charge in [0, 0.05) is 43.9 Å². The molecule has 1 aromatic carbocycles. The van der Waals surface area contributed by atoms with E-state index in [0.29, 0.717) is 5.88 Å². The Balaban J connectivity index is 1.67. The highest BCUT2D eigenvalue weighted by Crippen LogP contribution is 2.22. The molecule has 1 aliphatic heterocycles. The van der Waals surface area contributed by atoms with Crippen molar-refractivity contribution in [1.29, 1.82) is 0 Å². The first kappa shape index (κ1) is 14.2. The van der Waals surface area contributed by atoms with Crippen molar-refractivity contribution in [2.45, 2.75) is 12.8 Å². The van der Waals surface area contributed by atoms with Gasteiger partial charge in [-0.2, -0.15) is 0 Å². The van der Waals surface area contributed by atoms with E-state index in [1.54, 1.807) is 0 Å². The van der Waals surface area contributed by atoms with E-state index in [9.17, 15) is 0 Å². The maximum absolute atomic E-state index is 5.93. The van der Waals surface area contributed by atoms with Crippen LogP contribution in [-0.4, -0.2) is 31.2 Å². The number of benzene rings is 1. The molecule has 0 spiro atoms. The van der Waals surface area contributed by atoms with Gasteiger partial charge in [-0.1, -0.05) is 12.1 Å². The molecule has 4 heteroatoms. The first-order chi connectivity index (χ1) is 10.3. The number of aromatic nitrogens is 1. The van der Waals surface area contributed by atoms with Crippen LogP contribution in [0.15, 0.2) is 42.6 Å². The van der Waals surface area contributed by atoms with Gasteiger partial charge in [-0.05, 0) is 42.3 Å². The van der Waals surface area contributed by atoms with Gasteiger partial charge in [-0.3, -0.25) is 0 Å². The van der Waals surface area contributed by atoms with Crippen LogP contribution in [0.25, 0.3) is 0 Å². The molecular formula is C17H20ClN3. The molecule has 1 aliphatic rings. The van der Waals surface area contributed by atoms with Crippen molar-refractivity contribution in [2.75, 3.05) is 36.0 Å². The summed E-state index contributed by atoms with van der Waals surface area (Å²) in [5.41, 5.74) is 3.78. The van der Waals surface area contributed by atoms with Crippen molar-refractivity contribution in [1.82, 2.24) is 4.98 Å². The molecule has 0 aliphatic carbocycles. The van der Waals surface area contributed by atoms with Crippen LogP contribution in [0.3, 0.4) is 0 Å². The zero-order chi connectivity index (χ0) is 14.7. The highest BCUT2D eigenvalue weighted by atomic mass is 35.5. The van der Waals surface area contributed by atoms with E-state index in [4.69, 9.17) is 11.6 Å². The summed E-state index contributed by atoms with van der Waals surface area (Å²) in [6.45, 7) is 6.19. The van der Waals surface area contributed by atoms with Crippen LogP contribution in [0.2, 0.25) is 0 Å². The van der Waals surface area contributed by atoms with E-state index in [2.05, 4.69) is 46.0 Å². The first-order valence-corrected chi connectivity index (χ1v) is 7.88. The summed E-state index contributed by atoms with van der Waals surface area (Å²) < 4.78 is 0. The van der Waals surface area contributed by atoms with E-state index in [1.807, 2.05) is 18.3 Å². The highest BCUT2D eigenvalue weighted by Gasteiger charge is 2.18. The third-order valence-corrected chi connectivity index (χ3v) is 4.38. The number of aryl methyl sites for hydroxylation is 1. The Bertz CT molecular complexity index is 592. The smallest absolute Gasteiger partial charge is 0.128 e. The molecular weight excluding hydrogens is 282 g/mol. The van der Waals surface area contributed by atoms with Gasteiger partial charge >= 0.3 is 0 Å². The number of alkyl halides is 1. The Hall–Kier alpha value is -1.74. The third-order valence-electron chi connectivity index (χ3n) is 4.09. The monoisotopic (exact) mass is 301 g/mol. The fourth-order valence-electron chi connectivity index (χ4n) is 2.76. The molecule has 0 N–H and O–H groups in total. The van der Waals surface area contributed by atoms with E-state index < -0.39 is 0 Å². The molecule has 0 atom stereocenters. The van der Waals surface area contributed by atoms with Gasteiger partial charge in [0.1, 0.15) is 5.82 Å². The van der Waals surface area contributed by atoms with E-state index in [-0.39, 0.29) is 0 Å². The number of anilines is 2. The van der Waals surface area contributed by atoms with Gasteiger partial charge < -0.3 is 9.80 Å². The number of piperazine rings is 1. The lowest BCUT2D eigenvalue weighted by molar-refractivity contribution is 0.647. The zero-order valence-corrected chi connectivity index (χ0v) is 13.1. The SMILES string of the molecule is Cc1cc(N2CCN(c3ccccn3)CC2)ccc1CCl. The molecule has 0 amide bonds. The molecule has 1 aromatic heterocycles. The number of pyridine rings is 1. The fraction of sp³-hybridized carbons (Fsp3) is 0.353. The largest absolute Gasteiger partial charge is 0.368 e. The first-order valence-electron chi connectivity index (χ1n) is 7.34. The number of hydrogen-bond acceptors (Lipinski definition) is 3. The van der Waals surface area contributed by atoms with Gasteiger partial charge in [0.2, 0.25) is 0 Å². The van der Waals surface area contributed by atoms with Gasteiger partial charge in [0.15, 0.2) is 0 Å². The Labute approximate surface area is 131 Å². The van der Waals surface area contributed by atoms with Crippen LogP contribution in [0.5, 0.6) is 0 Å². The van der Waals surface area contributed by atoms with Crippen LogP contribution in [0.1, 0.15) is 11.1 Å². The molecule has 0 bridgehead atoms. The molecule has 1 saturated heterocycles. The van der Waals surface area contributed by atoms with Crippen LogP contribution >= 0.6 is 11.6 Å². The molecule has 2 heterocycles. The molecule has 0 unspecified atom stereocenters. The summed E-state index contributed by atoms with van der Waals surface area (Å²) >= 11 is 5.93. The van der Waals surface area contributed by atoms with Crippen molar-refractivity contribution < 1.29 is 0 Å². The molecule has 21 heavy (non-hydrogen) atoms. The van der Waals surface area contributed by atoms with Crippen LogP contribution in [-0.2, 0) is 5.88 Å². The standard InChI is InChI=1S/C17H20ClN3/c1-14-12-16(6-5-15(14)13-18)20-8-10-21(11-9-20)17-4-2-3-7-19-17/h2-7,12H,8-11,13H2,1H3. The lowest BCUT2D eigenvalue weighted by Gasteiger charge is -2.37. The fourth-order valence-corrected chi connectivity index (χ4v) is 3.06. The summed E-state index contributed by atoms with van der Waals surface area (Å²) in [6, 6.07) is 12.6. The zero-order valence-electron chi connectivity index (χ0n) is 12.3. The third kappa shape index (κ3) is 3.13. The quantitative estimate of drug-likeness (QED) is 0.810. The van der Waals surface area contributed by atoms with Crippen molar-refractivity contribution in [2.24, 2.45) is 0 Å². The molecule has 2 aromatic rings. The predicted molar refractivity (Wildman–Crippen MR) is 89.4 cm³/mol. The predicted octanol–water partition coefficient (Wildman–Crippen LogP) is 3.46. The molecule has 3 rings (SSSR count). The van der Waals surface area contributed by atoms with Crippen LogP contribution in [0.4, 0.5) is 11.5 Å². The number of hydrogen-bond donors (Lipinski definition) is 0. The number of nitrogens with zero attached hydrogens (tertiary/aromatic N) is 3. The lowest BCUT2D eigenvalue weighted by Crippen LogP contribution is -2.46. The Kier molecular flexibility index (Phi) is 4.30. The minimum Gasteiger partial charge on any atom is -0.368 e. The minimum absolute atomic E-state index is 0.583. The van der Waals surface area contributed by atoms with Crippen molar-refractivity contribution in [3.63, 3.8) is 0 Å². The minimum atomic E-state index is 0.583.